The van der Waals surface area contributed by atoms with Crippen LogP contribution in [0.25, 0.3) is 0 Å². The van der Waals surface area contributed by atoms with E-state index in [2.05, 4.69) is 14.8 Å². The van der Waals surface area contributed by atoms with E-state index < -0.39 is 0 Å². The molecule has 1 aromatic carbocycles. The van der Waals surface area contributed by atoms with Crippen molar-refractivity contribution in [1.82, 2.24) is 14.8 Å². The van der Waals surface area contributed by atoms with Gasteiger partial charge in [0.25, 0.3) is 0 Å². The maximum absolute atomic E-state index is 6.17. The first-order valence-corrected chi connectivity index (χ1v) is 6.44. The largest absolute Gasteiger partial charge is 0.379 e. The van der Waals surface area contributed by atoms with Crippen molar-refractivity contribution in [3.63, 3.8) is 0 Å². The highest BCUT2D eigenvalue weighted by atomic mass is 35.5. The molecule has 0 aliphatic carbocycles. The van der Waals surface area contributed by atoms with Gasteiger partial charge in [0.2, 0.25) is 0 Å². The van der Waals surface area contributed by atoms with Crippen LogP contribution in [0.15, 0.2) is 24.3 Å². The summed E-state index contributed by atoms with van der Waals surface area (Å²) >= 11 is 6.17. The molecule has 0 bridgehead atoms. The summed E-state index contributed by atoms with van der Waals surface area (Å²) in [6, 6.07) is 7.85. The Labute approximate surface area is 111 Å². The number of aromatic nitrogens is 3. The highest BCUT2D eigenvalue weighted by Gasteiger charge is 2.15. The molecule has 18 heavy (non-hydrogen) atoms. The fraction of sp³-hybridized carbons (Fsp3) is 0.385. The van der Waals surface area contributed by atoms with Gasteiger partial charge in [-0.2, -0.15) is 0 Å². The van der Waals surface area contributed by atoms with Crippen LogP contribution in [0.5, 0.6) is 0 Å². The SMILES string of the molecule is Clc1ccccc1Cc1nnc2n1CCOCC2. The van der Waals surface area contributed by atoms with Gasteiger partial charge in [0.15, 0.2) is 0 Å². The van der Waals surface area contributed by atoms with Gasteiger partial charge in [-0.3, -0.25) is 0 Å². The van der Waals surface area contributed by atoms with Crippen molar-refractivity contribution >= 4 is 11.6 Å². The molecule has 0 unspecified atom stereocenters. The molecule has 0 atom stereocenters. The lowest BCUT2D eigenvalue weighted by Gasteiger charge is -2.07. The average molecular weight is 264 g/mol. The number of benzene rings is 1. The van der Waals surface area contributed by atoms with Crippen LogP contribution >= 0.6 is 11.6 Å². The smallest absolute Gasteiger partial charge is 0.137 e. The van der Waals surface area contributed by atoms with E-state index in [0.29, 0.717) is 6.42 Å². The topological polar surface area (TPSA) is 39.9 Å². The molecule has 0 N–H and O–H groups in total. The minimum Gasteiger partial charge on any atom is -0.379 e. The number of hydrogen-bond donors (Lipinski definition) is 0. The third kappa shape index (κ3) is 2.26. The van der Waals surface area contributed by atoms with Crippen molar-refractivity contribution < 1.29 is 4.74 Å². The minimum absolute atomic E-state index is 0.715. The fourth-order valence-electron chi connectivity index (χ4n) is 2.18. The maximum atomic E-state index is 6.17. The van der Waals surface area contributed by atoms with Crippen LogP contribution in [-0.2, 0) is 24.1 Å². The van der Waals surface area contributed by atoms with Crippen molar-refractivity contribution in [2.24, 2.45) is 0 Å². The molecule has 0 amide bonds. The Morgan fingerprint density at radius 1 is 1.22 bits per heavy atom. The lowest BCUT2D eigenvalue weighted by Crippen LogP contribution is -2.09. The molecule has 0 radical (unpaired) electrons. The molecule has 4 nitrogen and oxygen atoms in total. The molecule has 1 aliphatic rings. The van der Waals surface area contributed by atoms with E-state index in [1.165, 1.54) is 0 Å². The molecule has 0 spiro atoms. The third-order valence-electron chi connectivity index (χ3n) is 3.14. The molecule has 94 valence electrons. The highest BCUT2D eigenvalue weighted by molar-refractivity contribution is 6.31. The molecule has 1 aromatic heterocycles. The number of rotatable bonds is 2. The number of fused-ring (bicyclic) bond motifs is 1. The summed E-state index contributed by atoms with van der Waals surface area (Å²) in [5.41, 5.74) is 1.08. The van der Waals surface area contributed by atoms with E-state index >= 15 is 0 Å². The second kappa shape index (κ2) is 5.08. The van der Waals surface area contributed by atoms with E-state index in [1.807, 2.05) is 24.3 Å². The van der Waals surface area contributed by atoms with Crippen LogP contribution in [0.1, 0.15) is 17.2 Å². The Morgan fingerprint density at radius 3 is 3.00 bits per heavy atom. The standard InChI is InChI=1S/C13H14ClN3O/c14-11-4-2-1-3-10(11)9-13-16-15-12-5-7-18-8-6-17(12)13/h1-4H,5-9H2. The quantitative estimate of drug-likeness (QED) is 0.833. The van der Waals surface area contributed by atoms with Crippen LogP contribution in [-0.4, -0.2) is 28.0 Å². The number of nitrogens with zero attached hydrogens (tertiary/aromatic N) is 3. The molecule has 0 saturated heterocycles. The molecular formula is C13H14ClN3O. The number of hydrogen-bond acceptors (Lipinski definition) is 3. The number of ether oxygens (including phenoxy) is 1. The van der Waals surface area contributed by atoms with Gasteiger partial charge >= 0.3 is 0 Å². The Morgan fingerprint density at radius 2 is 2.11 bits per heavy atom. The molecule has 2 heterocycles. The van der Waals surface area contributed by atoms with Crippen LogP contribution in [0, 0.1) is 0 Å². The first kappa shape index (κ1) is 11.7. The van der Waals surface area contributed by atoms with Crippen LogP contribution < -0.4 is 0 Å². The Balaban J connectivity index is 1.89. The molecular weight excluding hydrogens is 250 g/mol. The van der Waals surface area contributed by atoms with Crippen molar-refractivity contribution in [2.45, 2.75) is 19.4 Å². The fourth-order valence-corrected chi connectivity index (χ4v) is 2.38. The third-order valence-corrected chi connectivity index (χ3v) is 3.51. The zero-order valence-corrected chi connectivity index (χ0v) is 10.7. The van der Waals surface area contributed by atoms with Crippen molar-refractivity contribution in [3.8, 4) is 0 Å². The normalized spacial score (nSPS) is 15.2. The Hall–Kier alpha value is -1.39. The van der Waals surface area contributed by atoms with Crippen LogP contribution in [0.3, 0.4) is 0 Å². The Bertz CT molecular complexity index is 553. The monoisotopic (exact) mass is 263 g/mol. The lowest BCUT2D eigenvalue weighted by atomic mass is 10.1. The van der Waals surface area contributed by atoms with Gasteiger partial charge in [0, 0.05) is 24.4 Å². The van der Waals surface area contributed by atoms with Gasteiger partial charge in [-0.1, -0.05) is 29.8 Å². The molecule has 0 saturated carbocycles. The first-order valence-electron chi connectivity index (χ1n) is 6.06. The van der Waals surface area contributed by atoms with Gasteiger partial charge in [-0.15, -0.1) is 10.2 Å². The van der Waals surface area contributed by atoms with Gasteiger partial charge in [-0.05, 0) is 11.6 Å². The molecule has 1 aliphatic heterocycles. The van der Waals surface area contributed by atoms with Crippen LogP contribution in [0.2, 0.25) is 5.02 Å². The second-order valence-corrected chi connectivity index (χ2v) is 4.72. The highest BCUT2D eigenvalue weighted by Crippen LogP contribution is 2.19. The van der Waals surface area contributed by atoms with Gasteiger partial charge < -0.3 is 9.30 Å². The zero-order chi connectivity index (χ0) is 12.4. The van der Waals surface area contributed by atoms with E-state index in [0.717, 1.165) is 48.4 Å². The van der Waals surface area contributed by atoms with Crippen molar-refractivity contribution in [1.29, 1.82) is 0 Å². The van der Waals surface area contributed by atoms with E-state index in [4.69, 9.17) is 16.3 Å². The van der Waals surface area contributed by atoms with Crippen LogP contribution in [0.4, 0.5) is 0 Å². The van der Waals surface area contributed by atoms with E-state index in [1.54, 1.807) is 0 Å². The summed E-state index contributed by atoms with van der Waals surface area (Å²) in [7, 11) is 0. The summed E-state index contributed by atoms with van der Waals surface area (Å²) < 4.78 is 7.60. The van der Waals surface area contributed by atoms with E-state index in [9.17, 15) is 0 Å². The first-order chi connectivity index (χ1) is 8.84. The zero-order valence-electron chi connectivity index (χ0n) is 9.97. The average Bonchev–Trinajstić information content (AvgIpc) is 2.62. The minimum atomic E-state index is 0.715. The maximum Gasteiger partial charge on any atom is 0.137 e. The summed E-state index contributed by atoms with van der Waals surface area (Å²) in [4.78, 5) is 0. The summed E-state index contributed by atoms with van der Waals surface area (Å²) in [5, 5.41) is 9.28. The molecule has 5 heteroatoms. The van der Waals surface area contributed by atoms with E-state index in [-0.39, 0.29) is 0 Å². The van der Waals surface area contributed by atoms with Gasteiger partial charge in [-0.25, -0.2) is 0 Å². The predicted octanol–water partition coefficient (Wildman–Crippen LogP) is 2.09. The summed E-state index contributed by atoms with van der Waals surface area (Å²) in [6.07, 6.45) is 1.54. The Kier molecular flexibility index (Phi) is 3.30. The van der Waals surface area contributed by atoms with Gasteiger partial charge in [0.1, 0.15) is 11.6 Å². The molecule has 3 rings (SSSR count). The number of halogens is 1. The second-order valence-electron chi connectivity index (χ2n) is 4.31. The van der Waals surface area contributed by atoms with Gasteiger partial charge in [0.05, 0.1) is 13.2 Å². The molecule has 2 aromatic rings. The predicted molar refractivity (Wildman–Crippen MR) is 68.8 cm³/mol. The summed E-state index contributed by atoms with van der Waals surface area (Å²) in [5.74, 6) is 1.97. The molecule has 0 fully saturated rings. The van der Waals surface area contributed by atoms with Crippen molar-refractivity contribution in [3.05, 3.63) is 46.5 Å². The van der Waals surface area contributed by atoms with Crippen molar-refractivity contribution in [2.75, 3.05) is 13.2 Å². The lowest BCUT2D eigenvalue weighted by molar-refractivity contribution is 0.139. The summed E-state index contributed by atoms with van der Waals surface area (Å²) in [6.45, 7) is 2.27.